The molecule has 1 aliphatic rings. The molecule has 1 saturated heterocycles. The van der Waals surface area contributed by atoms with Crippen LogP contribution in [0.4, 0.5) is 0 Å². The highest BCUT2D eigenvalue weighted by atomic mass is 32.1. The zero-order valence-corrected chi connectivity index (χ0v) is 16.1. The van der Waals surface area contributed by atoms with E-state index in [1.165, 1.54) is 22.2 Å². The van der Waals surface area contributed by atoms with Crippen LogP contribution in [0, 0.1) is 0 Å². The number of nitrogens with zero attached hydrogens (tertiary/aromatic N) is 4. The summed E-state index contributed by atoms with van der Waals surface area (Å²) >= 11 is 1.42. The molecule has 8 heteroatoms. The molecule has 1 atom stereocenters. The topological polar surface area (TPSA) is 80.0 Å². The van der Waals surface area contributed by atoms with E-state index in [1.807, 2.05) is 38.1 Å². The smallest absolute Gasteiger partial charge is 0.230 e. The zero-order chi connectivity index (χ0) is 19.0. The van der Waals surface area contributed by atoms with Crippen LogP contribution in [0.2, 0.25) is 0 Å². The summed E-state index contributed by atoms with van der Waals surface area (Å²) in [5.74, 6) is 1.21. The van der Waals surface area contributed by atoms with Gasteiger partial charge in [-0.05, 0) is 31.5 Å². The van der Waals surface area contributed by atoms with Crippen molar-refractivity contribution in [2.75, 3.05) is 13.1 Å². The van der Waals surface area contributed by atoms with Gasteiger partial charge in [-0.25, -0.2) is 4.98 Å². The number of piperidine rings is 1. The number of aromatic hydroxyl groups is 1. The number of thiazole rings is 1. The number of rotatable bonds is 5. The number of ether oxygens (including phenoxy) is 1. The zero-order valence-electron chi connectivity index (χ0n) is 15.3. The third-order valence-electron chi connectivity index (χ3n) is 4.68. The monoisotopic (exact) mass is 386 g/mol. The Hall–Kier alpha value is -2.45. The first kappa shape index (κ1) is 17.9. The maximum Gasteiger partial charge on any atom is 0.230 e. The van der Waals surface area contributed by atoms with E-state index in [0.29, 0.717) is 30.9 Å². The molecular formula is C19H22N4O3S. The van der Waals surface area contributed by atoms with Crippen molar-refractivity contribution in [3.05, 3.63) is 41.0 Å². The molecule has 1 aromatic carbocycles. The van der Waals surface area contributed by atoms with Crippen LogP contribution in [0.5, 0.6) is 11.6 Å². The lowest BCUT2D eigenvalue weighted by atomic mass is 10.00. The van der Waals surface area contributed by atoms with E-state index in [0.717, 1.165) is 16.2 Å². The highest BCUT2D eigenvalue weighted by Gasteiger charge is 2.31. The van der Waals surface area contributed by atoms with Gasteiger partial charge in [-0.15, -0.1) is 0 Å². The number of Topliss-reactive ketones (excluding diaryl/α,β-unsaturated/α-hetero) is 1. The number of hydrogen-bond donors (Lipinski definition) is 1. The summed E-state index contributed by atoms with van der Waals surface area (Å²) in [5.41, 5.74) is 1.04. The average Bonchev–Trinajstić information content (AvgIpc) is 3.22. The molecule has 27 heavy (non-hydrogen) atoms. The van der Waals surface area contributed by atoms with E-state index in [1.54, 1.807) is 0 Å². The molecule has 0 spiro atoms. The maximum atomic E-state index is 11.7. The molecule has 0 bridgehead atoms. The van der Waals surface area contributed by atoms with Crippen molar-refractivity contribution in [1.82, 2.24) is 19.5 Å². The molecule has 3 aromatic rings. The summed E-state index contributed by atoms with van der Waals surface area (Å²) in [5, 5.41) is 14.8. The van der Waals surface area contributed by atoms with Gasteiger partial charge in [0.2, 0.25) is 10.8 Å². The van der Waals surface area contributed by atoms with Gasteiger partial charge in [-0.1, -0.05) is 23.5 Å². The normalized spacial score (nSPS) is 16.9. The van der Waals surface area contributed by atoms with Crippen LogP contribution in [-0.2, 0) is 4.79 Å². The Morgan fingerprint density at radius 3 is 2.52 bits per heavy atom. The van der Waals surface area contributed by atoms with Crippen molar-refractivity contribution >= 4 is 22.1 Å². The first-order chi connectivity index (χ1) is 13.0. The fraction of sp³-hybridized carbons (Fsp3) is 0.421. The Kier molecular flexibility index (Phi) is 4.84. The van der Waals surface area contributed by atoms with Gasteiger partial charge in [0.1, 0.15) is 17.9 Å². The van der Waals surface area contributed by atoms with Crippen LogP contribution >= 0.6 is 11.3 Å². The highest BCUT2D eigenvalue weighted by molar-refractivity contribution is 7.17. The Bertz CT molecular complexity index is 938. The molecule has 0 amide bonds. The predicted molar refractivity (Wildman–Crippen MR) is 102 cm³/mol. The Balaban J connectivity index is 1.72. The third-order valence-corrected chi connectivity index (χ3v) is 5.76. The molecule has 1 fully saturated rings. The van der Waals surface area contributed by atoms with E-state index < -0.39 is 0 Å². The van der Waals surface area contributed by atoms with Crippen LogP contribution in [0.25, 0.3) is 4.96 Å². The molecule has 142 valence electrons. The summed E-state index contributed by atoms with van der Waals surface area (Å²) in [6, 6.07) is 7.79. The molecule has 0 saturated carbocycles. The highest BCUT2D eigenvalue weighted by Crippen LogP contribution is 2.40. The van der Waals surface area contributed by atoms with Crippen LogP contribution in [-0.4, -0.2) is 49.6 Å². The minimum absolute atomic E-state index is 0.108. The molecule has 0 aliphatic carbocycles. The number of carbonyl (C=O) groups is 1. The van der Waals surface area contributed by atoms with E-state index in [9.17, 15) is 9.90 Å². The van der Waals surface area contributed by atoms with Crippen LogP contribution < -0.4 is 4.74 Å². The molecule has 2 aromatic heterocycles. The number of hydrogen-bond acceptors (Lipinski definition) is 7. The Morgan fingerprint density at radius 2 is 1.89 bits per heavy atom. The van der Waals surface area contributed by atoms with Crippen molar-refractivity contribution in [3.63, 3.8) is 0 Å². The SMILES string of the molecule is CC(C)Oc1ccc(C(c2sc3ncnn3c2O)N2CCC(=O)CC2)cc1. The lowest BCUT2D eigenvalue weighted by Gasteiger charge is -2.33. The Labute approximate surface area is 161 Å². The van der Waals surface area contributed by atoms with Crippen molar-refractivity contribution in [3.8, 4) is 11.6 Å². The average molecular weight is 386 g/mol. The van der Waals surface area contributed by atoms with Gasteiger partial charge in [0.25, 0.3) is 0 Å². The molecule has 7 nitrogen and oxygen atoms in total. The fourth-order valence-corrected chi connectivity index (χ4v) is 4.52. The van der Waals surface area contributed by atoms with Gasteiger partial charge in [-0.2, -0.15) is 9.61 Å². The lowest BCUT2D eigenvalue weighted by Crippen LogP contribution is -2.37. The second kappa shape index (κ2) is 7.28. The molecule has 0 radical (unpaired) electrons. The minimum atomic E-state index is -0.153. The first-order valence-electron chi connectivity index (χ1n) is 9.06. The van der Waals surface area contributed by atoms with E-state index in [2.05, 4.69) is 15.0 Å². The van der Waals surface area contributed by atoms with Crippen LogP contribution in [0.1, 0.15) is 43.2 Å². The van der Waals surface area contributed by atoms with Crippen LogP contribution in [0.3, 0.4) is 0 Å². The summed E-state index contributed by atoms with van der Waals surface area (Å²) < 4.78 is 7.20. The predicted octanol–water partition coefficient (Wildman–Crippen LogP) is 3.04. The van der Waals surface area contributed by atoms with Crippen molar-refractivity contribution < 1.29 is 14.6 Å². The van der Waals surface area contributed by atoms with Crippen molar-refractivity contribution in [2.24, 2.45) is 0 Å². The van der Waals surface area contributed by atoms with Crippen LogP contribution in [0.15, 0.2) is 30.6 Å². The maximum absolute atomic E-state index is 11.7. The first-order valence-corrected chi connectivity index (χ1v) is 9.88. The van der Waals surface area contributed by atoms with E-state index in [4.69, 9.17) is 4.74 Å². The molecule has 1 N–H and O–H groups in total. The number of benzene rings is 1. The standard InChI is InChI=1S/C19H22N4O3S/c1-12(2)26-15-5-3-13(4-6-15)16(22-9-7-14(24)8-10-22)17-18(25)23-19(27-17)20-11-21-23/h3-6,11-12,16,25H,7-10H2,1-2H3. The molecule has 1 aliphatic heterocycles. The number of ketones is 1. The number of likely N-dealkylation sites (tertiary alicyclic amines) is 1. The molecular weight excluding hydrogens is 364 g/mol. The number of fused-ring (bicyclic) bond motifs is 1. The van der Waals surface area contributed by atoms with Gasteiger partial charge >= 0.3 is 0 Å². The van der Waals surface area contributed by atoms with Gasteiger partial charge in [0, 0.05) is 25.9 Å². The fourth-order valence-electron chi connectivity index (χ4n) is 3.43. The third kappa shape index (κ3) is 3.54. The summed E-state index contributed by atoms with van der Waals surface area (Å²) in [6.07, 6.45) is 2.61. The Morgan fingerprint density at radius 1 is 1.19 bits per heavy atom. The summed E-state index contributed by atoms with van der Waals surface area (Å²) in [4.78, 5) is 19.6. The second-order valence-electron chi connectivity index (χ2n) is 6.96. The molecule has 4 rings (SSSR count). The number of carbonyl (C=O) groups excluding carboxylic acids is 1. The van der Waals surface area contributed by atoms with E-state index in [-0.39, 0.29) is 23.8 Å². The van der Waals surface area contributed by atoms with E-state index >= 15 is 0 Å². The van der Waals surface area contributed by atoms with Gasteiger partial charge in [0.15, 0.2) is 0 Å². The quantitative estimate of drug-likeness (QED) is 0.726. The molecule has 3 heterocycles. The van der Waals surface area contributed by atoms with Gasteiger partial charge < -0.3 is 9.84 Å². The minimum Gasteiger partial charge on any atom is -0.492 e. The molecule has 1 unspecified atom stereocenters. The second-order valence-corrected chi connectivity index (χ2v) is 7.97. The summed E-state index contributed by atoms with van der Waals surface area (Å²) in [6.45, 7) is 5.32. The largest absolute Gasteiger partial charge is 0.492 e. The van der Waals surface area contributed by atoms with Gasteiger partial charge in [0.05, 0.1) is 17.0 Å². The summed E-state index contributed by atoms with van der Waals surface area (Å²) in [7, 11) is 0. The van der Waals surface area contributed by atoms with Gasteiger partial charge in [-0.3, -0.25) is 9.69 Å². The lowest BCUT2D eigenvalue weighted by molar-refractivity contribution is -0.121. The number of aromatic nitrogens is 3. The van der Waals surface area contributed by atoms with Crippen molar-refractivity contribution in [2.45, 2.75) is 38.8 Å². The van der Waals surface area contributed by atoms with Crippen molar-refractivity contribution in [1.29, 1.82) is 0 Å².